The van der Waals surface area contributed by atoms with Crippen LogP contribution < -0.4 is 5.32 Å². The molecule has 0 radical (unpaired) electrons. The molecule has 0 bridgehead atoms. The van der Waals surface area contributed by atoms with Crippen molar-refractivity contribution in [1.82, 2.24) is 10.1 Å². The zero-order valence-electron chi connectivity index (χ0n) is 12.6. The first-order valence-corrected chi connectivity index (χ1v) is 7.11. The molecule has 1 N–H and O–H groups in total. The second-order valence-corrected chi connectivity index (χ2v) is 5.28. The fraction of sp³-hybridized carbons (Fsp3) is 0.571. The Labute approximate surface area is 127 Å². The lowest BCUT2D eigenvalue weighted by Gasteiger charge is -2.30. The van der Waals surface area contributed by atoms with Gasteiger partial charge in [-0.2, -0.15) is 0 Å². The third kappa shape index (κ3) is 4.31. The summed E-state index contributed by atoms with van der Waals surface area (Å²) in [5.41, 5.74) is 0. The van der Waals surface area contributed by atoms with Gasteiger partial charge >= 0.3 is 5.97 Å². The molecule has 1 atom stereocenters. The van der Waals surface area contributed by atoms with Crippen LogP contribution in [0.3, 0.4) is 0 Å². The number of hydrogen-bond donors (Lipinski definition) is 1. The average molecular weight is 309 g/mol. The van der Waals surface area contributed by atoms with Gasteiger partial charge in [0.05, 0.1) is 5.92 Å². The highest BCUT2D eigenvalue weighted by atomic mass is 16.5. The number of hydrogen-bond acceptors (Lipinski definition) is 6. The summed E-state index contributed by atoms with van der Waals surface area (Å²) in [6.07, 6.45) is 1.41. The summed E-state index contributed by atoms with van der Waals surface area (Å²) in [5.74, 6) is -0.535. The lowest BCUT2D eigenvalue weighted by Crippen LogP contribution is -2.42. The normalized spacial score (nSPS) is 17.9. The van der Waals surface area contributed by atoms with Crippen LogP contribution >= 0.6 is 0 Å². The highest BCUT2D eigenvalue weighted by molar-refractivity contribution is 5.92. The Morgan fingerprint density at radius 2 is 2.27 bits per heavy atom. The third-order valence-electron chi connectivity index (χ3n) is 3.44. The summed E-state index contributed by atoms with van der Waals surface area (Å²) in [6, 6.07) is 1.56. The van der Waals surface area contributed by atoms with Crippen LogP contribution in [0.4, 0.5) is 5.82 Å². The molecule has 22 heavy (non-hydrogen) atoms. The van der Waals surface area contributed by atoms with Crippen molar-refractivity contribution < 1.29 is 23.6 Å². The van der Waals surface area contributed by atoms with Crippen molar-refractivity contribution in [3.05, 3.63) is 11.8 Å². The van der Waals surface area contributed by atoms with Gasteiger partial charge in [0.1, 0.15) is 5.76 Å². The molecule has 8 nitrogen and oxygen atoms in total. The van der Waals surface area contributed by atoms with E-state index in [0.717, 1.165) is 6.42 Å². The number of anilines is 1. The molecule has 0 unspecified atom stereocenters. The number of esters is 1. The lowest BCUT2D eigenvalue weighted by atomic mass is 9.98. The Kier molecular flexibility index (Phi) is 5.13. The van der Waals surface area contributed by atoms with E-state index in [-0.39, 0.29) is 24.2 Å². The summed E-state index contributed by atoms with van der Waals surface area (Å²) < 4.78 is 9.81. The minimum absolute atomic E-state index is 0.0587. The van der Waals surface area contributed by atoms with E-state index in [1.165, 1.54) is 6.92 Å². The smallest absolute Gasteiger partial charge is 0.311 e. The predicted octanol–water partition coefficient (Wildman–Crippen LogP) is 0.723. The van der Waals surface area contributed by atoms with E-state index in [1.807, 2.05) is 0 Å². The van der Waals surface area contributed by atoms with Gasteiger partial charge in [0, 0.05) is 26.1 Å². The Balaban J connectivity index is 1.77. The average Bonchev–Trinajstić information content (AvgIpc) is 2.90. The lowest BCUT2D eigenvalue weighted by molar-refractivity contribution is -0.154. The van der Waals surface area contributed by atoms with Crippen LogP contribution in [-0.2, 0) is 19.1 Å². The van der Waals surface area contributed by atoms with Crippen molar-refractivity contribution in [3.8, 4) is 0 Å². The zero-order chi connectivity index (χ0) is 16.1. The molecular weight excluding hydrogens is 290 g/mol. The van der Waals surface area contributed by atoms with Gasteiger partial charge in [-0.3, -0.25) is 14.4 Å². The number of aryl methyl sites for hydroxylation is 1. The summed E-state index contributed by atoms with van der Waals surface area (Å²) in [6.45, 7) is 3.79. The van der Waals surface area contributed by atoms with E-state index in [0.29, 0.717) is 25.3 Å². The molecule has 2 amide bonds. The molecule has 120 valence electrons. The first-order valence-electron chi connectivity index (χ1n) is 7.11. The molecule has 1 aliphatic heterocycles. The summed E-state index contributed by atoms with van der Waals surface area (Å²) in [5, 5.41) is 6.07. The topological polar surface area (TPSA) is 102 Å². The van der Waals surface area contributed by atoms with Gasteiger partial charge in [0.2, 0.25) is 5.91 Å². The van der Waals surface area contributed by atoms with Crippen LogP contribution in [0.1, 0.15) is 25.5 Å². The number of nitrogens with one attached hydrogen (secondary N) is 1. The van der Waals surface area contributed by atoms with Gasteiger partial charge in [0.15, 0.2) is 12.4 Å². The molecule has 2 rings (SSSR count). The summed E-state index contributed by atoms with van der Waals surface area (Å²) in [4.78, 5) is 36.6. The number of nitrogens with zero attached hydrogens (tertiary/aromatic N) is 2. The van der Waals surface area contributed by atoms with Gasteiger partial charge < -0.3 is 19.5 Å². The number of rotatable bonds is 4. The molecule has 1 fully saturated rings. The van der Waals surface area contributed by atoms with Crippen LogP contribution in [0.15, 0.2) is 10.6 Å². The summed E-state index contributed by atoms with van der Waals surface area (Å²) in [7, 11) is 0. The number of aromatic nitrogens is 1. The second-order valence-electron chi connectivity index (χ2n) is 5.28. The second kappa shape index (κ2) is 7.06. The molecule has 0 saturated carbocycles. The maximum atomic E-state index is 12.0. The quantitative estimate of drug-likeness (QED) is 0.822. The van der Waals surface area contributed by atoms with Crippen LogP contribution in [0.5, 0.6) is 0 Å². The van der Waals surface area contributed by atoms with Crippen molar-refractivity contribution in [2.45, 2.75) is 26.7 Å². The molecular formula is C14H19N3O5. The van der Waals surface area contributed by atoms with Crippen LogP contribution in [-0.4, -0.2) is 47.5 Å². The number of carbonyl (C=O) groups excluding carboxylic acids is 3. The highest BCUT2D eigenvalue weighted by Gasteiger charge is 2.28. The molecule has 1 saturated heterocycles. The molecule has 0 aliphatic carbocycles. The van der Waals surface area contributed by atoms with Crippen molar-refractivity contribution in [1.29, 1.82) is 0 Å². The van der Waals surface area contributed by atoms with Crippen molar-refractivity contribution in [2.24, 2.45) is 5.92 Å². The SMILES string of the molecule is CC(=O)N1CCC[C@@H](C(=O)OCC(=O)Nc2cc(C)on2)C1. The van der Waals surface area contributed by atoms with Crippen molar-refractivity contribution in [2.75, 3.05) is 25.0 Å². The zero-order valence-corrected chi connectivity index (χ0v) is 12.6. The van der Waals surface area contributed by atoms with Gasteiger partial charge in [-0.1, -0.05) is 5.16 Å². The Hall–Kier alpha value is -2.38. The van der Waals surface area contributed by atoms with Gasteiger partial charge in [-0.05, 0) is 19.8 Å². The first-order chi connectivity index (χ1) is 10.5. The number of likely N-dealkylation sites (tertiary alicyclic amines) is 1. The highest BCUT2D eigenvalue weighted by Crippen LogP contribution is 2.18. The van der Waals surface area contributed by atoms with E-state index in [2.05, 4.69) is 10.5 Å². The molecule has 2 heterocycles. The van der Waals surface area contributed by atoms with E-state index in [1.54, 1.807) is 17.9 Å². The molecule has 1 aromatic heterocycles. The van der Waals surface area contributed by atoms with E-state index < -0.39 is 11.9 Å². The number of amides is 2. The molecule has 8 heteroatoms. The first kappa shape index (κ1) is 16.0. The van der Waals surface area contributed by atoms with E-state index in [4.69, 9.17) is 9.26 Å². The maximum absolute atomic E-state index is 12.0. The van der Waals surface area contributed by atoms with Crippen LogP contribution in [0.25, 0.3) is 0 Å². The Morgan fingerprint density at radius 1 is 1.50 bits per heavy atom. The minimum Gasteiger partial charge on any atom is -0.455 e. The number of piperidine rings is 1. The number of carbonyl (C=O) groups is 3. The molecule has 1 aromatic rings. The monoisotopic (exact) mass is 309 g/mol. The van der Waals surface area contributed by atoms with Crippen molar-refractivity contribution in [3.63, 3.8) is 0 Å². The molecule has 0 aromatic carbocycles. The minimum atomic E-state index is -0.485. The van der Waals surface area contributed by atoms with E-state index >= 15 is 0 Å². The van der Waals surface area contributed by atoms with E-state index in [9.17, 15) is 14.4 Å². The Bertz CT molecular complexity index is 569. The standard InChI is InChI=1S/C14H19N3O5/c1-9-6-12(16-22-9)15-13(19)8-21-14(20)11-4-3-5-17(7-11)10(2)18/h6,11H,3-5,7-8H2,1-2H3,(H,15,16,19)/t11-/m1/s1. The maximum Gasteiger partial charge on any atom is 0.311 e. The summed E-state index contributed by atoms with van der Waals surface area (Å²) >= 11 is 0. The predicted molar refractivity (Wildman–Crippen MR) is 75.8 cm³/mol. The van der Waals surface area contributed by atoms with Crippen molar-refractivity contribution >= 4 is 23.6 Å². The van der Waals surface area contributed by atoms with Gasteiger partial charge in [-0.15, -0.1) is 0 Å². The molecule has 1 aliphatic rings. The largest absolute Gasteiger partial charge is 0.455 e. The van der Waals surface area contributed by atoms with Crippen LogP contribution in [0, 0.1) is 12.8 Å². The third-order valence-corrected chi connectivity index (χ3v) is 3.44. The fourth-order valence-electron chi connectivity index (χ4n) is 2.31. The Morgan fingerprint density at radius 3 is 2.91 bits per heavy atom. The fourth-order valence-corrected chi connectivity index (χ4v) is 2.31. The number of ether oxygens (including phenoxy) is 1. The van der Waals surface area contributed by atoms with Gasteiger partial charge in [-0.25, -0.2) is 0 Å². The molecule has 0 spiro atoms. The van der Waals surface area contributed by atoms with Crippen LogP contribution in [0.2, 0.25) is 0 Å². The van der Waals surface area contributed by atoms with Gasteiger partial charge in [0.25, 0.3) is 5.91 Å².